The molecule has 4 rings (SSSR count). The normalized spacial score (nSPS) is 14.5. The summed E-state index contributed by atoms with van der Waals surface area (Å²) in [5.74, 6) is 1.19. The second-order valence-corrected chi connectivity index (χ2v) is 9.45. The van der Waals surface area contributed by atoms with Crippen LogP contribution in [0.5, 0.6) is 5.75 Å². The maximum absolute atomic E-state index is 13.1. The van der Waals surface area contributed by atoms with Gasteiger partial charge in [-0.2, -0.15) is 0 Å². The number of anilines is 2. The first-order valence-corrected chi connectivity index (χ1v) is 12.5. The fraction of sp³-hybridized carbons (Fsp3) is 0.407. The number of aromatic nitrogens is 2. The van der Waals surface area contributed by atoms with Gasteiger partial charge in [0, 0.05) is 62.1 Å². The molecule has 0 spiro atoms. The van der Waals surface area contributed by atoms with Crippen molar-refractivity contribution in [2.75, 3.05) is 64.1 Å². The maximum Gasteiger partial charge on any atom is 0.238 e. The molecule has 0 atom stereocenters. The van der Waals surface area contributed by atoms with Crippen molar-refractivity contribution in [3.63, 3.8) is 0 Å². The van der Waals surface area contributed by atoms with E-state index in [0.717, 1.165) is 48.2 Å². The number of carbonyl (C=O) groups is 2. The Morgan fingerprint density at radius 3 is 2.35 bits per heavy atom. The highest BCUT2D eigenvalue weighted by Crippen LogP contribution is 2.33. The summed E-state index contributed by atoms with van der Waals surface area (Å²) in [7, 11) is 3.40. The SMILES string of the molecule is CNc1nccc(-c2cc(NC(=O)CN3CCN(CC(=O)NC(C)C)CC3)c3cc(OC)ccc3c2)n1. The highest BCUT2D eigenvalue weighted by Gasteiger charge is 2.21. The number of benzene rings is 2. The lowest BCUT2D eigenvalue weighted by Crippen LogP contribution is -2.51. The summed E-state index contributed by atoms with van der Waals surface area (Å²) < 4.78 is 5.42. The van der Waals surface area contributed by atoms with Crippen molar-refractivity contribution in [3.05, 3.63) is 42.6 Å². The molecule has 0 aliphatic carbocycles. The van der Waals surface area contributed by atoms with Crippen molar-refractivity contribution in [2.24, 2.45) is 0 Å². The second kappa shape index (κ2) is 12.0. The van der Waals surface area contributed by atoms with Crippen LogP contribution in [0.15, 0.2) is 42.6 Å². The van der Waals surface area contributed by atoms with E-state index in [0.29, 0.717) is 23.9 Å². The summed E-state index contributed by atoms with van der Waals surface area (Å²) >= 11 is 0. The first-order chi connectivity index (χ1) is 17.8. The van der Waals surface area contributed by atoms with Crippen LogP contribution in [0.3, 0.4) is 0 Å². The molecule has 1 saturated heterocycles. The molecule has 1 aromatic heterocycles. The summed E-state index contributed by atoms with van der Waals surface area (Å²) in [5, 5.41) is 10.9. The Morgan fingerprint density at radius 1 is 1.00 bits per heavy atom. The topological polar surface area (TPSA) is 112 Å². The van der Waals surface area contributed by atoms with E-state index in [9.17, 15) is 9.59 Å². The third-order valence-electron chi connectivity index (χ3n) is 6.26. The summed E-state index contributed by atoms with van der Waals surface area (Å²) in [5.41, 5.74) is 2.33. The quantitative estimate of drug-likeness (QED) is 0.407. The number of nitrogens with one attached hydrogen (secondary N) is 3. The van der Waals surface area contributed by atoms with E-state index in [4.69, 9.17) is 4.74 Å². The smallest absolute Gasteiger partial charge is 0.238 e. The Kier molecular flexibility index (Phi) is 8.52. The fourth-order valence-electron chi connectivity index (χ4n) is 4.42. The molecule has 196 valence electrons. The summed E-state index contributed by atoms with van der Waals surface area (Å²) in [6.07, 6.45) is 1.71. The van der Waals surface area contributed by atoms with Gasteiger partial charge >= 0.3 is 0 Å². The van der Waals surface area contributed by atoms with Crippen LogP contribution in [0.2, 0.25) is 0 Å². The van der Waals surface area contributed by atoms with Crippen LogP contribution < -0.4 is 20.7 Å². The van der Waals surface area contributed by atoms with Gasteiger partial charge < -0.3 is 20.7 Å². The zero-order valence-corrected chi connectivity index (χ0v) is 21.9. The Bertz CT molecular complexity index is 1260. The molecule has 2 aromatic carbocycles. The Morgan fingerprint density at radius 2 is 1.70 bits per heavy atom. The maximum atomic E-state index is 13.1. The van der Waals surface area contributed by atoms with Crippen LogP contribution >= 0.6 is 0 Å². The zero-order valence-electron chi connectivity index (χ0n) is 21.9. The number of fused-ring (bicyclic) bond motifs is 1. The van der Waals surface area contributed by atoms with Crippen LogP contribution in [0, 0.1) is 0 Å². The molecule has 2 amide bonds. The molecule has 0 bridgehead atoms. The van der Waals surface area contributed by atoms with Crippen LogP contribution in [-0.4, -0.2) is 91.0 Å². The molecular weight excluding hydrogens is 470 g/mol. The van der Waals surface area contributed by atoms with Crippen molar-refractivity contribution in [1.82, 2.24) is 25.1 Å². The minimum Gasteiger partial charge on any atom is -0.497 e. The monoisotopic (exact) mass is 505 g/mol. The lowest BCUT2D eigenvalue weighted by atomic mass is 10.0. The second-order valence-electron chi connectivity index (χ2n) is 9.45. The molecule has 37 heavy (non-hydrogen) atoms. The lowest BCUT2D eigenvalue weighted by Gasteiger charge is -2.34. The van der Waals surface area contributed by atoms with Crippen LogP contribution in [0.4, 0.5) is 11.6 Å². The van der Waals surface area contributed by atoms with E-state index < -0.39 is 0 Å². The molecule has 2 heterocycles. The summed E-state index contributed by atoms with van der Waals surface area (Å²) in [4.78, 5) is 38.2. The van der Waals surface area contributed by atoms with E-state index in [1.54, 1.807) is 20.4 Å². The van der Waals surface area contributed by atoms with Crippen molar-refractivity contribution >= 4 is 34.2 Å². The van der Waals surface area contributed by atoms with Gasteiger partial charge in [0.15, 0.2) is 0 Å². The lowest BCUT2D eigenvalue weighted by molar-refractivity contribution is -0.124. The largest absolute Gasteiger partial charge is 0.497 e. The molecule has 10 nitrogen and oxygen atoms in total. The molecule has 1 fully saturated rings. The molecule has 1 aliphatic rings. The minimum absolute atomic E-state index is 0.0360. The van der Waals surface area contributed by atoms with Crippen molar-refractivity contribution in [3.8, 4) is 17.0 Å². The first-order valence-electron chi connectivity index (χ1n) is 12.5. The molecule has 1 aliphatic heterocycles. The number of rotatable bonds is 9. The van der Waals surface area contributed by atoms with Gasteiger partial charge in [-0.25, -0.2) is 9.97 Å². The van der Waals surface area contributed by atoms with Crippen LogP contribution in [0.25, 0.3) is 22.0 Å². The Hall–Kier alpha value is -3.76. The fourth-order valence-corrected chi connectivity index (χ4v) is 4.42. The highest BCUT2D eigenvalue weighted by molar-refractivity contribution is 6.05. The predicted octanol–water partition coefficient (Wildman–Crippen LogP) is 2.43. The molecular formula is C27H35N7O3. The minimum atomic E-state index is -0.0918. The van der Waals surface area contributed by atoms with Gasteiger partial charge in [0.1, 0.15) is 5.75 Å². The first kappa shape index (κ1) is 26.3. The van der Waals surface area contributed by atoms with Crippen LogP contribution in [-0.2, 0) is 9.59 Å². The van der Waals surface area contributed by atoms with E-state index >= 15 is 0 Å². The number of hydrogen-bond acceptors (Lipinski definition) is 8. The van der Waals surface area contributed by atoms with E-state index in [2.05, 4.69) is 35.7 Å². The van der Waals surface area contributed by atoms with Gasteiger partial charge in [0.25, 0.3) is 0 Å². The van der Waals surface area contributed by atoms with Gasteiger partial charge in [-0.15, -0.1) is 0 Å². The number of amides is 2. The number of ether oxygens (including phenoxy) is 1. The molecule has 3 aromatic rings. The van der Waals surface area contributed by atoms with Gasteiger partial charge in [0.2, 0.25) is 17.8 Å². The Balaban J connectivity index is 1.47. The number of carbonyl (C=O) groups excluding carboxylic acids is 2. The average Bonchev–Trinajstić information content (AvgIpc) is 2.89. The van der Waals surface area contributed by atoms with E-state index in [-0.39, 0.29) is 24.4 Å². The molecule has 0 radical (unpaired) electrons. The van der Waals surface area contributed by atoms with E-state index in [1.165, 1.54) is 0 Å². The number of methoxy groups -OCH3 is 1. The van der Waals surface area contributed by atoms with Gasteiger partial charge in [-0.3, -0.25) is 19.4 Å². The third-order valence-corrected chi connectivity index (χ3v) is 6.26. The van der Waals surface area contributed by atoms with Crippen molar-refractivity contribution < 1.29 is 14.3 Å². The molecule has 0 saturated carbocycles. The number of nitrogens with zero attached hydrogens (tertiary/aromatic N) is 4. The van der Waals surface area contributed by atoms with Crippen LogP contribution in [0.1, 0.15) is 13.8 Å². The standard InChI is InChI=1S/C27H35N7O3/c1-18(2)30-25(35)16-33-9-11-34(12-10-33)17-26(36)31-24-14-20(23-7-8-29-27(28-3)32-23)13-19-5-6-21(37-4)15-22(19)24/h5-8,13-15,18H,9-12,16-17H2,1-4H3,(H,30,35)(H,31,36)(H,28,29,32). The predicted molar refractivity (Wildman–Crippen MR) is 146 cm³/mol. The average molecular weight is 506 g/mol. The van der Waals surface area contributed by atoms with Gasteiger partial charge in [-0.1, -0.05) is 6.07 Å². The molecule has 10 heteroatoms. The Labute approximate surface area is 217 Å². The summed E-state index contributed by atoms with van der Waals surface area (Å²) in [6.45, 7) is 7.52. The van der Waals surface area contributed by atoms with Crippen molar-refractivity contribution in [1.29, 1.82) is 0 Å². The van der Waals surface area contributed by atoms with Crippen molar-refractivity contribution in [2.45, 2.75) is 19.9 Å². The molecule has 0 unspecified atom stereocenters. The zero-order chi connectivity index (χ0) is 26.4. The number of piperazine rings is 1. The molecule has 3 N–H and O–H groups in total. The number of hydrogen-bond donors (Lipinski definition) is 3. The third kappa shape index (κ3) is 6.93. The summed E-state index contributed by atoms with van der Waals surface area (Å²) in [6, 6.07) is 11.8. The van der Waals surface area contributed by atoms with E-state index in [1.807, 2.05) is 50.2 Å². The van der Waals surface area contributed by atoms with Gasteiger partial charge in [-0.05, 0) is 49.6 Å². The van der Waals surface area contributed by atoms with Gasteiger partial charge in [0.05, 0.1) is 25.9 Å². The highest BCUT2D eigenvalue weighted by atomic mass is 16.5.